The van der Waals surface area contributed by atoms with Crippen LogP contribution in [0, 0.1) is 0 Å². The molecular formula is C22H23N7O. The van der Waals surface area contributed by atoms with Crippen LogP contribution in [0.25, 0.3) is 17.3 Å². The molecule has 0 saturated carbocycles. The van der Waals surface area contributed by atoms with Crippen LogP contribution >= 0.6 is 0 Å². The maximum atomic E-state index is 5.60. The van der Waals surface area contributed by atoms with E-state index in [0.717, 1.165) is 29.2 Å². The van der Waals surface area contributed by atoms with Crippen molar-refractivity contribution in [3.8, 4) is 17.3 Å². The summed E-state index contributed by atoms with van der Waals surface area (Å²) in [4.78, 5) is 17.6. The number of benzene rings is 1. The van der Waals surface area contributed by atoms with Crippen molar-refractivity contribution in [3.05, 3.63) is 84.9 Å². The van der Waals surface area contributed by atoms with Gasteiger partial charge in [-0.3, -0.25) is 4.57 Å². The van der Waals surface area contributed by atoms with E-state index in [0.29, 0.717) is 24.9 Å². The van der Waals surface area contributed by atoms with Gasteiger partial charge in [-0.1, -0.05) is 18.2 Å². The van der Waals surface area contributed by atoms with Crippen LogP contribution in [0.1, 0.15) is 18.2 Å². The Labute approximate surface area is 174 Å². The Balaban J connectivity index is 1.40. The molecule has 3 aromatic heterocycles. The smallest absolute Gasteiger partial charge is 0.226 e. The van der Waals surface area contributed by atoms with Crippen LogP contribution in [0.15, 0.2) is 83.1 Å². The van der Waals surface area contributed by atoms with Gasteiger partial charge in [-0.25, -0.2) is 19.9 Å². The first kappa shape index (κ1) is 19.4. The zero-order valence-corrected chi connectivity index (χ0v) is 16.7. The fourth-order valence-electron chi connectivity index (χ4n) is 2.88. The van der Waals surface area contributed by atoms with Crippen molar-refractivity contribution in [2.24, 2.45) is 4.99 Å². The highest BCUT2D eigenvalue weighted by atomic mass is 16.3. The summed E-state index contributed by atoms with van der Waals surface area (Å²) in [5.41, 5.74) is 2.82. The SMILES string of the molecule is CCNC(=NCc1ccnc(-n2ccnc2)c1)NCc1coc(-c2ccccc2)n1. The van der Waals surface area contributed by atoms with Crippen LogP contribution in [0.4, 0.5) is 0 Å². The van der Waals surface area contributed by atoms with E-state index in [9.17, 15) is 0 Å². The number of aromatic nitrogens is 4. The van der Waals surface area contributed by atoms with E-state index in [2.05, 4.69) is 30.6 Å². The number of imidazole rings is 1. The van der Waals surface area contributed by atoms with Gasteiger partial charge in [-0.2, -0.15) is 0 Å². The standard InChI is InChI=1S/C22H23N7O/c1-2-24-22(26-13-17-8-9-25-20(12-17)29-11-10-23-16-29)27-14-19-15-30-21(28-19)18-6-4-3-5-7-18/h3-12,15-16H,2,13-14H2,1H3,(H2,24,26,27). The first-order chi connectivity index (χ1) is 14.8. The normalized spacial score (nSPS) is 11.4. The fraction of sp³-hybridized carbons (Fsp3) is 0.182. The second-order valence-corrected chi connectivity index (χ2v) is 6.55. The summed E-state index contributed by atoms with van der Waals surface area (Å²) in [5.74, 6) is 2.13. The zero-order chi connectivity index (χ0) is 20.6. The molecule has 0 spiro atoms. The third kappa shape index (κ3) is 4.91. The van der Waals surface area contributed by atoms with E-state index < -0.39 is 0 Å². The molecule has 0 amide bonds. The highest BCUT2D eigenvalue weighted by Crippen LogP contribution is 2.17. The average molecular weight is 401 g/mol. The van der Waals surface area contributed by atoms with Gasteiger partial charge in [0.1, 0.15) is 18.4 Å². The van der Waals surface area contributed by atoms with Gasteiger partial charge in [0.05, 0.1) is 18.8 Å². The van der Waals surface area contributed by atoms with Crippen molar-refractivity contribution >= 4 is 5.96 Å². The molecule has 30 heavy (non-hydrogen) atoms. The summed E-state index contributed by atoms with van der Waals surface area (Å²) < 4.78 is 7.46. The highest BCUT2D eigenvalue weighted by molar-refractivity contribution is 5.79. The quantitative estimate of drug-likeness (QED) is 0.365. The lowest BCUT2D eigenvalue weighted by Crippen LogP contribution is -2.36. The Morgan fingerprint density at radius 3 is 2.83 bits per heavy atom. The lowest BCUT2D eigenvalue weighted by Gasteiger charge is -2.10. The molecule has 3 heterocycles. The molecule has 8 heteroatoms. The van der Waals surface area contributed by atoms with Gasteiger partial charge < -0.3 is 15.1 Å². The van der Waals surface area contributed by atoms with E-state index in [-0.39, 0.29) is 0 Å². The zero-order valence-electron chi connectivity index (χ0n) is 16.7. The number of hydrogen-bond donors (Lipinski definition) is 2. The predicted molar refractivity (Wildman–Crippen MR) is 115 cm³/mol. The summed E-state index contributed by atoms with van der Waals surface area (Å²) in [6, 6.07) is 13.8. The van der Waals surface area contributed by atoms with Crippen LogP contribution in [0.3, 0.4) is 0 Å². The van der Waals surface area contributed by atoms with E-state index in [1.807, 2.05) is 60.2 Å². The molecule has 0 radical (unpaired) electrons. The molecule has 2 N–H and O–H groups in total. The third-order valence-corrected chi connectivity index (χ3v) is 4.35. The Morgan fingerprint density at radius 2 is 2.03 bits per heavy atom. The Bertz CT molecular complexity index is 1090. The molecule has 4 aromatic rings. The number of oxazole rings is 1. The molecule has 0 aliphatic rings. The average Bonchev–Trinajstić information content (AvgIpc) is 3.49. The minimum absolute atomic E-state index is 0.513. The summed E-state index contributed by atoms with van der Waals surface area (Å²) >= 11 is 0. The summed E-state index contributed by atoms with van der Waals surface area (Å²) in [7, 11) is 0. The van der Waals surface area contributed by atoms with Crippen molar-refractivity contribution in [2.45, 2.75) is 20.0 Å². The molecule has 0 unspecified atom stereocenters. The first-order valence-corrected chi connectivity index (χ1v) is 9.77. The van der Waals surface area contributed by atoms with Crippen molar-refractivity contribution in [2.75, 3.05) is 6.54 Å². The van der Waals surface area contributed by atoms with Crippen LogP contribution in [0.2, 0.25) is 0 Å². The molecule has 1 aromatic carbocycles. The molecule has 0 bridgehead atoms. The molecule has 0 saturated heterocycles. The van der Waals surface area contributed by atoms with Gasteiger partial charge >= 0.3 is 0 Å². The number of nitrogens with one attached hydrogen (secondary N) is 2. The molecule has 8 nitrogen and oxygen atoms in total. The summed E-state index contributed by atoms with van der Waals surface area (Å²) in [5, 5.41) is 6.55. The maximum absolute atomic E-state index is 5.60. The van der Waals surface area contributed by atoms with Gasteiger partial charge in [0.15, 0.2) is 5.96 Å². The van der Waals surface area contributed by atoms with Gasteiger partial charge in [0.25, 0.3) is 0 Å². The molecule has 0 fully saturated rings. The van der Waals surface area contributed by atoms with Crippen LogP contribution < -0.4 is 10.6 Å². The van der Waals surface area contributed by atoms with E-state index >= 15 is 0 Å². The van der Waals surface area contributed by atoms with Crippen LogP contribution in [0.5, 0.6) is 0 Å². The second kappa shape index (κ2) is 9.51. The van der Waals surface area contributed by atoms with Gasteiger partial charge in [0.2, 0.25) is 5.89 Å². The predicted octanol–water partition coefficient (Wildman–Crippen LogP) is 3.18. The molecular weight excluding hydrogens is 378 g/mol. The number of pyridine rings is 1. The maximum Gasteiger partial charge on any atom is 0.226 e. The van der Waals surface area contributed by atoms with Crippen LogP contribution in [-0.2, 0) is 13.1 Å². The number of rotatable bonds is 7. The molecule has 0 aliphatic heterocycles. The second-order valence-electron chi connectivity index (χ2n) is 6.55. The van der Waals surface area contributed by atoms with Crippen molar-refractivity contribution in [1.29, 1.82) is 0 Å². The van der Waals surface area contributed by atoms with Crippen LogP contribution in [-0.4, -0.2) is 32.0 Å². The number of hydrogen-bond acceptors (Lipinski definition) is 5. The molecule has 152 valence electrons. The van der Waals surface area contributed by atoms with Gasteiger partial charge in [0, 0.05) is 30.7 Å². The lowest BCUT2D eigenvalue weighted by atomic mass is 10.2. The summed E-state index contributed by atoms with van der Waals surface area (Å²) in [6.45, 7) is 3.83. The molecule has 0 aliphatic carbocycles. The molecule has 0 atom stereocenters. The Kier molecular flexibility index (Phi) is 6.14. The fourth-order valence-corrected chi connectivity index (χ4v) is 2.88. The third-order valence-electron chi connectivity index (χ3n) is 4.35. The number of aliphatic imine (C=N–C) groups is 1. The first-order valence-electron chi connectivity index (χ1n) is 9.77. The summed E-state index contributed by atoms with van der Waals surface area (Å²) in [6.07, 6.45) is 8.76. The van der Waals surface area contributed by atoms with E-state index in [1.54, 1.807) is 25.0 Å². The largest absolute Gasteiger partial charge is 0.444 e. The minimum Gasteiger partial charge on any atom is -0.444 e. The topological polar surface area (TPSA) is 93.2 Å². The Morgan fingerprint density at radius 1 is 1.13 bits per heavy atom. The van der Waals surface area contributed by atoms with Crippen molar-refractivity contribution in [3.63, 3.8) is 0 Å². The van der Waals surface area contributed by atoms with Crippen molar-refractivity contribution < 1.29 is 4.42 Å². The van der Waals surface area contributed by atoms with Crippen molar-refractivity contribution in [1.82, 2.24) is 30.2 Å². The van der Waals surface area contributed by atoms with Gasteiger partial charge in [-0.15, -0.1) is 0 Å². The van der Waals surface area contributed by atoms with E-state index in [4.69, 9.17) is 4.42 Å². The highest BCUT2D eigenvalue weighted by Gasteiger charge is 2.07. The van der Waals surface area contributed by atoms with E-state index in [1.165, 1.54) is 0 Å². The monoisotopic (exact) mass is 401 g/mol. The number of guanidine groups is 1. The van der Waals surface area contributed by atoms with Gasteiger partial charge in [-0.05, 0) is 36.8 Å². The Hall–Kier alpha value is -3.94. The lowest BCUT2D eigenvalue weighted by molar-refractivity contribution is 0.572. The minimum atomic E-state index is 0.513. The molecule has 4 rings (SSSR count). The number of nitrogens with zero attached hydrogens (tertiary/aromatic N) is 5.